The summed E-state index contributed by atoms with van der Waals surface area (Å²) in [4.78, 5) is 3.76. The molecule has 0 atom stereocenters. The van der Waals surface area contributed by atoms with Crippen molar-refractivity contribution >= 4 is 29.0 Å². The van der Waals surface area contributed by atoms with Gasteiger partial charge in [-0.2, -0.15) is 13.2 Å². The second kappa shape index (κ2) is 5.98. The summed E-state index contributed by atoms with van der Waals surface area (Å²) in [6.07, 6.45) is 0.642. The molecule has 1 N–H and O–H groups in total. The molecule has 0 saturated heterocycles. The van der Waals surface area contributed by atoms with Gasteiger partial charge in [0.15, 0.2) is 0 Å². The smallest absolute Gasteiger partial charge is 0.368 e. The molecule has 0 bridgehead atoms. The summed E-state index contributed by atoms with van der Waals surface area (Å²) in [5.74, 6) is 0.800. The number of hydrogen-bond donors (Lipinski definition) is 1. The molecule has 1 heterocycles. The number of pyridine rings is 1. The first-order valence-electron chi connectivity index (χ1n) is 6.39. The van der Waals surface area contributed by atoms with Crippen LogP contribution in [0.15, 0.2) is 12.3 Å². The van der Waals surface area contributed by atoms with E-state index in [2.05, 4.69) is 10.3 Å². The first-order chi connectivity index (χ1) is 9.36. The molecule has 0 unspecified atom stereocenters. The quantitative estimate of drug-likeness (QED) is 0.790. The number of alkyl halides is 4. The van der Waals surface area contributed by atoms with E-state index in [1.54, 1.807) is 0 Å². The molecule has 7 heteroatoms. The second-order valence-electron chi connectivity index (χ2n) is 5.25. The molecule has 112 valence electrons. The molecule has 1 aliphatic rings. The van der Waals surface area contributed by atoms with Gasteiger partial charge in [-0.25, -0.2) is 4.98 Å². The third-order valence-corrected chi connectivity index (χ3v) is 4.60. The average Bonchev–Trinajstić information content (AvgIpc) is 2.85. The van der Waals surface area contributed by atoms with E-state index in [9.17, 15) is 13.2 Å². The van der Waals surface area contributed by atoms with Crippen LogP contribution < -0.4 is 5.32 Å². The molecule has 1 fully saturated rings. The number of nitrogens with zero attached hydrogens (tertiary/aromatic N) is 1. The van der Waals surface area contributed by atoms with Crippen molar-refractivity contribution in [2.45, 2.75) is 31.9 Å². The zero-order chi connectivity index (χ0) is 14.8. The Morgan fingerprint density at radius 1 is 1.30 bits per heavy atom. The minimum atomic E-state index is -4.43. The number of halogens is 5. The number of anilines is 1. The van der Waals surface area contributed by atoms with Gasteiger partial charge in [0.1, 0.15) is 5.82 Å². The van der Waals surface area contributed by atoms with Crippen LogP contribution in [0, 0.1) is 5.41 Å². The summed E-state index contributed by atoms with van der Waals surface area (Å²) in [6.45, 7) is 0.578. The molecule has 1 aliphatic carbocycles. The van der Waals surface area contributed by atoms with Gasteiger partial charge in [-0.05, 0) is 18.9 Å². The Hall–Kier alpha value is -0.680. The SMILES string of the molecule is FC(F)(F)c1cnc(NCC2(CCl)CCCC2)c(Cl)c1. The summed E-state index contributed by atoms with van der Waals surface area (Å²) in [7, 11) is 0. The van der Waals surface area contributed by atoms with Gasteiger partial charge in [-0.3, -0.25) is 0 Å². The Morgan fingerprint density at radius 3 is 2.45 bits per heavy atom. The highest BCUT2D eigenvalue weighted by atomic mass is 35.5. The van der Waals surface area contributed by atoms with E-state index in [0.717, 1.165) is 37.9 Å². The normalized spacial score (nSPS) is 18.2. The van der Waals surface area contributed by atoms with Crippen molar-refractivity contribution in [2.75, 3.05) is 17.7 Å². The molecule has 1 saturated carbocycles. The average molecular weight is 327 g/mol. The Labute approximate surface area is 125 Å². The number of rotatable bonds is 4. The largest absolute Gasteiger partial charge is 0.417 e. The first kappa shape index (κ1) is 15.7. The van der Waals surface area contributed by atoms with Gasteiger partial charge in [0.05, 0.1) is 10.6 Å². The van der Waals surface area contributed by atoms with Crippen LogP contribution in [0.2, 0.25) is 5.02 Å². The van der Waals surface area contributed by atoms with Crippen molar-refractivity contribution in [3.8, 4) is 0 Å². The molecule has 2 nitrogen and oxygen atoms in total. The lowest BCUT2D eigenvalue weighted by Gasteiger charge is -2.27. The van der Waals surface area contributed by atoms with Crippen molar-refractivity contribution < 1.29 is 13.2 Å². The monoisotopic (exact) mass is 326 g/mol. The van der Waals surface area contributed by atoms with Gasteiger partial charge in [-0.1, -0.05) is 24.4 Å². The molecule has 2 rings (SSSR count). The van der Waals surface area contributed by atoms with Gasteiger partial charge in [0.2, 0.25) is 0 Å². The lowest BCUT2D eigenvalue weighted by atomic mass is 9.88. The van der Waals surface area contributed by atoms with Gasteiger partial charge in [0.25, 0.3) is 0 Å². The number of hydrogen-bond acceptors (Lipinski definition) is 2. The standard InChI is InChI=1S/C13H15Cl2F3N2/c14-7-12(3-1-2-4-12)8-20-11-10(15)5-9(6-19-11)13(16,17)18/h5-6H,1-4,7-8H2,(H,19,20). The zero-order valence-electron chi connectivity index (χ0n) is 10.7. The predicted molar refractivity (Wildman–Crippen MR) is 74.4 cm³/mol. The summed E-state index contributed by atoms with van der Waals surface area (Å²) in [6, 6.07) is 0.888. The van der Waals surface area contributed by atoms with Crippen LogP contribution in [-0.2, 0) is 6.18 Å². The molecule has 0 aliphatic heterocycles. The molecule has 20 heavy (non-hydrogen) atoms. The maximum atomic E-state index is 12.5. The minimum Gasteiger partial charge on any atom is -0.368 e. The Morgan fingerprint density at radius 2 is 1.95 bits per heavy atom. The highest BCUT2D eigenvalue weighted by molar-refractivity contribution is 6.33. The van der Waals surface area contributed by atoms with Gasteiger partial charge >= 0.3 is 6.18 Å². The predicted octanol–water partition coefficient (Wildman–Crippen LogP) is 4.96. The summed E-state index contributed by atoms with van der Waals surface area (Å²) >= 11 is 11.9. The summed E-state index contributed by atoms with van der Waals surface area (Å²) in [5, 5.41) is 3.01. The minimum absolute atomic E-state index is 0.00470. The summed E-state index contributed by atoms with van der Waals surface area (Å²) < 4.78 is 37.5. The van der Waals surface area contributed by atoms with Crippen LogP contribution in [0.4, 0.5) is 19.0 Å². The maximum Gasteiger partial charge on any atom is 0.417 e. The number of aromatic nitrogens is 1. The van der Waals surface area contributed by atoms with Crippen LogP contribution in [0.5, 0.6) is 0 Å². The zero-order valence-corrected chi connectivity index (χ0v) is 12.2. The molecule has 1 aromatic heterocycles. The van der Waals surface area contributed by atoms with E-state index in [1.165, 1.54) is 0 Å². The molecular weight excluding hydrogens is 312 g/mol. The Kier molecular flexibility index (Phi) is 4.69. The van der Waals surface area contributed by atoms with E-state index in [0.29, 0.717) is 12.4 Å². The van der Waals surface area contributed by atoms with E-state index < -0.39 is 11.7 Å². The van der Waals surface area contributed by atoms with Crippen LogP contribution in [0.25, 0.3) is 0 Å². The first-order valence-corrected chi connectivity index (χ1v) is 7.30. The Bertz CT molecular complexity index is 471. The van der Waals surface area contributed by atoms with Crippen molar-refractivity contribution in [3.63, 3.8) is 0 Å². The van der Waals surface area contributed by atoms with Crippen LogP contribution in [0.3, 0.4) is 0 Å². The number of nitrogens with one attached hydrogen (secondary N) is 1. The lowest BCUT2D eigenvalue weighted by Crippen LogP contribution is -2.29. The van der Waals surface area contributed by atoms with E-state index in [1.807, 2.05) is 0 Å². The van der Waals surface area contributed by atoms with E-state index in [-0.39, 0.29) is 16.3 Å². The third kappa shape index (κ3) is 3.50. The van der Waals surface area contributed by atoms with Crippen molar-refractivity contribution in [2.24, 2.45) is 5.41 Å². The third-order valence-electron chi connectivity index (χ3n) is 3.75. The highest BCUT2D eigenvalue weighted by Crippen LogP contribution is 2.39. The van der Waals surface area contributed by atoms with Gasteiger partial charge in [0, 0.05) is 24.0 Å². The van der Waals surface area contributed by atoms with E-state index >= 15 is 0 Å². The lowest BCUT2D eigenvalue weighted by molar-refractivity contribution is -0.137. The molecule has 0 spiro atoms. The Balaban J connectivity index is 2.07. The van der Waals surface area contributed by atoms with E-state index in [4.69, 9.17) is 23.2 Å². The van der Waals surface area contributed by atoms with Crippen LogP contribution in [0.1, 0.15) is 31.2 Å². The maximum absolute atomic E-state index is 12.5. The van der Waals surface area contributed by atoms with Crippen LogP contribution >= 0.6 is 23.2 Å². The van der Waals surface area contributed by atoms with Gasteiger partial charge < -0.3 is 5.32 Å². The summed E-state index contributed by atoms with van der Waals surface area (Å²) in [5.41, 5.74) is -0.851. The molecule has 0 radical (unpaired) electrons. The van der Waals surface area contributed by atoms with Crippen molar-refractivity contribution in [3.05, 3.63) is 22.8 Å². The fourth-order valence-electron chi connectivity index (χ4n) is 2.48. The molecule has 0 aromatic carbocycles. The van der Waals surface area contributed by atoms with Crippen molar-refractivity contribution in [1.82, 2.24) is 4.98 Å². The molecule has 1 aromatic rings. The molecule has 0 amide bonds. The van der Waals surface area contributed by atoms with Crippen LogP contribution in [-0.4, -0.2) is 17.4 Å². The second-order valence-corrected chi connectivity index (χ2v) is 5.92. The molecular formula is C13H15Cl2F3N2. The van der Waals surface area contributed by atoms with Gasteiger partial charge in [-0.15, -0.1) is 11.6 Å². The highest BCUT2D eigenvalue weighted by Gasteiger charge is 2.34. The fraction of sp³-hybridized carbons (Fsp3) is 0.615. The van der Waals surface area contributed by atoms with Crippen molar-refractivity contribution in [1.29, 1.82) is 0 Å². The fourth-order valence-corrected chi connectivity index (χ4v) is 3.07. The topological polar surface area (TPSA) is 24.9 Å².